The van der Waals surface area contributed by atoms with Crippen LogP contribution in [-0.2, 0) is 19.6 Å². The molecule has 1 fully saturated rings. The molecule has 9 heteroatoms. The van der Waals surface area contributed by atoms with Gasteiger partial charge in [0, 0.05) is 29.9 Å². The number of aryl methyl sites for hydroxylation is 1. The Morgan fingerprint density at radius 2 is 1.93 bits per heavy atom. The van der Waals surface area contributed by atoms with Crippen molar-refractivity contribution in [1.29, 1.82) is 0 Å². The van der Waals surface area contributed by atoms with Crippen LogP contribution in [0.5, 0.6) is 0 Å². The van der Waals surface area contributed by atoms with Crippen LogP contribution < -0.4 is 5.32 Å². The van der Waals surface area contributed by atoms with E-state index in [1.807, 2.05) is 19.1 Å². The van der Waals surface area contributed by atoms with Crippen molar-refractivity contribution in [3.63, 3.8) is 0 Å². The number of sulfonamides is 1. The number of anilines is 1. The predicted molar refractivity (Wildman–Crippen MR) is 110 cm³/mol. The van der Waals surface area contributed by atoms with Crippen molar-refractivity contribution in [3.8, 4) is 0 Å². The standard InChI is InChI=1S/C20H20ClFN2O4S/c1-14-2-3-15(12-17(14)21)4-7-20(25)23-16-5-6-18(22)19(13-16)29(26,27)24-8-10-28-11-9-24/h2-7,12-13H,8-11H2,1H3,(H,23,25)/b7-4+. The number of carbonyl (C=O) groups excluding carboxylic acids is 1. The van der Waals surface area contributed by atoms with Gasteiger partial charge in [0.2, 0.25) is 15.9 Å². The molecule has 2 aromatic carbocycles. The van der Waals surface area contributed by atoms with Gasteiger partial charge in [-0.25, -0.2) is 12.8 Å². The fourth-order valence-electron chi connectivity index (χ4n) is 2.77. The molecule has 0 spiro atoms. The van der Waals surface area contributed by atoms with E-state index in [9.17, 15) is 17.6 Å². The van der Waals surface area contributed by atoms with Crippen molar-refractivity contribution in [1.82, 2.24) is 4.31 Å². The normalized spacial score (nSPS) is 15.6. The first-order valence-electron chi connectivity index (χ1n) is 8.90. The molecule has 1 aliphatic heterocycles. The molecule has 1 aliphatic rings. The number of amides is 1. The Morgan fingerprint density at radius 3 is 2.62 bits per heavy atom. The van der Waals surface area contributed by atoms with Gasteiger partial charge < -0.3 is 10.1 Å². The Kier molecular flexibility index (Phi) is 6.69. The zero-order chi connectivity index (χ0) is 21.0. The second-order valence-corrected chi connectivity index (χ2v) is 8.81. The van der Waals surface area contributed by atoms with E-state index in [4.69, 9.17) is 16.3 Å². The van der Waals surface area contributed by atoms with E-state index in [0.29, 0.717) is 5.02 Å². The zero-order valence-electron chi connectivity index (χ0n) is 15.7. The molecule has 6 nitrogen and oxygen atoms in total. The Bertz CT molecular complexity index is 1050. The quantitative estimate of drug-likeness (QED) is 0.725. The monoisotopic (exact) mass is 438 g/mol. The summed E-state index contributed by atoms with van der Waals surface area (Å²) < 4.78 is 45.9. The largest absolute Gasteiger partial charge is 0.379 e. The van der Waals surface area contributed by atoms with Crippen molar-refractivity contribution >= 4 is 39.3 Å². The summed E-state index contributed by atoms with van der Waals surface area (Å²) in [5.41, 5.74) is 1.84. The van der Waals surface area contributed by atoms with Crippen LogP contribution in [0.15, 0.2) is 47.4 Å². The van der Waals surface area contributed by atoms with Gasteiger partial charge >= 0.3 is 0 Å². The molecule has 0 radical (unpaired) electrons. The van der Waals surface area contributed by atoms with Gasteiger partial charge in [-0.3, -0.25) is 4.79 Å². The number of hydrogen-bond donors (Lipinski definition) is 1. The van der Waals surface area contributed by atoms with Crippen LogP contribution in [0.3, 0.4) is 0 Å². The molecular formula is C20H20ClFN2O4S. The average molecular weight is 439 g/mol. The Hall–Kier alpha value is -2.26. The Balaban J connectivity index is 1.76. The molecule has 1 saturated heterocycles. The number of benzene rings is 2. The van der Waals surface area contributed by atoms with Crippen molar-refractivity contribution in [2.24, 2.45) is 0 Å². The number of nitrogens with zero attached hydrogens (tertiary/aromatic N) is 1. The number of halogens is 2. The number of morpholine rings is 1. The van der Waals surface area contributed by atoms with Crippen LogP contribution in [0.2, 0.25) is 5.02 Å². The SMILES string of the molecule is Cc1ccc(/C=C/C(=O)Nc2ccc(F)c(S(=O)(=O)N3CCOCC3)c2)cc1Cl. The Labute approximate surface area is 174 Å². The van der Waals surface area contributed by atoms with Crippen LogP contribution in [0.1, 0.15) is 11.1 Å². The second kappa shape index (κ2) is 9.04. The summed E-state index contributed by atoms with van der Waals surface area (Å²) in [6.07, 6.45) is 2.87. The molecule has 154 valence electrons. The molecule has 0 aromatic heterocycles. The first kappa shape index (κ1) is 21.4. The van der Waals surface area contributed by atoms with E-state index in [0.717, 1.165) is 23.3 Å². The molecule has 0 unspecified atom stereocenters. The maximum Gasteiger partial charge on any atom is 0.248 e. The van der Waals surface area contributed by atoms with Gasteiger partial charge in [-0.1, -0.05) is 23.7 Å². The minimum atomic E-state index is -4.02. The molecule has 0 bridgehead atoms. The van der Waals surface area contributed by atoms with E-state index in [1.54, 1.807) is 12.1 Å². The van der Waals surface area contributed by atoms with E-state index >= 15 is 0 Å². The number of ether oxygens (including phenoxy) is 1. The summed E-state index contributed by atoms with van der Waals surface area (Å²) in [6.45, 7) is 2.69. The summed E-state index contributed by atoms with van der Waals surface area (Å²) in [4.78, 5) is 11.7. The maximum absolute atomic E-state index is 14.2. The maximum atomic E-state index is 14.2. The third-order valence-corrected chi connectivity index (χ3v) is 6.73. The zero-order valence-corrected chi connectivity index (χ0v) is 17.3. The molecule has 0 saturated carbocycles. The number of carbonyl (C=O) groups is 1. The molecule has 0 aliphatic carbocycles. The number of hydrogen-bond acceptors (Lipinski definition) is 4. The van der Waals surface area contributed by atoms with Crippen LogP contribution in [-0.4, -0.2) is 44.9 Å². The number of rotatable bonds is 5. The highest BCUT2D eigenvalue weighted by molar-refractivity contribution is 7.89. The van der Waals surface area contributed by atoms with Gasteiger partial charge in [-0.05, 0) is 48.4 Å². The summed E-state index contributed by atoms with van der Waals surface area (Å²) >= 11 is 6.06. The minimum absolute atomic E-state index is 0.153. The summed E-state index contributed by atoms with van der Waals surface area (Å²) in [5.74, 6) is -1.36. The fourth-order valence-corrected chi connectivity index (χ4v) is 4.46. The lowest BCUT2D eigenvalue weighted by Gasteiger charge is -2.26. The first-order chi connectivity index (χ1) is 13.8. The highest BCUT2D eigenvalue weighted by atomic mass is 35.5. The Morgan fingerprint density at radius 1 is 1.21 bits per heavy atom. The lowest BCUT2D eigenvalue weighted by Crippen LogP contribution is -2.40. The number of nitrogens with one attached hydrogen (secondary N) is 1. The lowest BCUT2D eigenvalue weighted by atomic mass is 10.1. The summed E-state index contributed by atoms with van der Waals surface area (Å²) in [7, 11) is -4.02. The smallest absolute Gasteiger partial charge is 0.248 e. The third kappa shape index (κ3) is 5.22. The van der Waals surface area contributed by atoms with E-state index in [-0.39, 0.29) is 32.0 Å². The highest BCUT2D eigenvalue weighted by Gasteiger charge is 2.29. The molecular weight excluding hydrogens is 419 g/mol. The topological polar surface area (TPSA) is 75.7 Å². The van der Waals surface area contributed by atoms with Gasteiger partial charge in [0.25, 0.3) is 0 Å². The molecule has 29 heavy (non-hydrogen) atoms. The van der Waals surface area contributed by atoms with Gasteiger partial charge in [0.15, 0.2) is 0 Å². The van der Waals surface area contributed by atoms with Crippen LogP contribution in [0, 0.1) is 12.7 Å². The molecule has 1 N–H and O–H groups in total. The molecule has 0 atom stereocenters. The van der Waals surface area contributed by atoms with Gasteiger partial charge in [-0.15, -0.1) is 0 Å². The summed E-state index contributed by atoms with van der Waals surface area (Å²) in [6, 6.07) is 8.83. The van der Waals surface area contributed by atoms with Gasteiger partial charge in [-0.2, -0.15) is 4.31 Å². The van der Waals surface area contributed by atoms with Crippen molar-refractivity contribution in [2.45, 2.75) is 11.8 Å². The van der Waals surface area contributed by atoms with E-state index in [2.05, 4.69) is 5.32 Å². The van der Waals surface area contributed by atoms with Crippen LogP contribution >= 0.6 is 11.6 Å². The second-order valence-electron chi connectivity index (χ2n) is 6.49. The fraction of sp³-hybridized carbons (Fsp3) is 0.250. The lowest BCUT2D eigenvalue weighted by molar-refractivity contribution is -0.111. The van der Waals surface area contributed by atoms with Crippen molar-refractivity contribution < 1.29 is 22.3 Å². The van der Waals surface area contributed by atoms with Gasteiger partial charge in [0.05, 0.1) is 13.2 Å². The molecule has 2 aromatic rings. The van der Waals surface area contributed by atoms with E-state index in [1.165, 1.54) is 16.4 Å². The highest BCUT2D eigenvalue weighted by Crippen LogP contribution is 2.24. The van der Waals surface area contributed by atoms with Crippen molar-refractivity contribution in [2.75, 3.05) is 31.6 Å². The van der Waals surface area contributed by atoms with E-state index < -0.39 is 26.6 Å². The predicted octanol–water partition coefficient (Wildman–Crippen LogP) is 3.46. The van der Waals surface area contributed by atoms with Gasteiger partial charge in [0.1, 0.15) is 10.7 Å². The van der Waals surface area contributed by atoms with Crippen molar-refractivity contribution in [3.05, 3.63) is 64.4 Å². The molecule has 3 rings (SSSR count). The average Bonchev–Trinajstić information content (AvgIpc) is 2.71. The summed E-state index contributed by atoms with van der Waals surface area (Å²) in [5, 5.41) is 3.13. The molecule has 1 amide bonds. The van der Waals surface area contributed by atoms with Crippen LogP contribution in [0.4, 0.5) is 10.1 Å². The minimum Gasteiger partial charge on any atom is -0.379 e. The van der Waals surface area contributed by atoms with Crippen LogP contribution in [0.25, 0.3) is 6.08 Å². The third-order valence-electron chi connectivity index (χ3n) is 4.41. The molecule has 1 heterocycles. The first-order valence-corrected chi connectivity index (χ1v) is 10.7.